The third kappa shape index (κ3) is 3.92. The quantitative estimate of drug-likeness (QED) is 0.888. The van der Waals surface area contributed by atoms with Crippen LogP contribution < -0.4 is 5.32 Å². The number of aryl methyl sites for hydroxylation is 1. The topological polar surface area (TPSA) is 79.3 Å². The van der Waals surface area contributed by atoms with Crippen molar-refractivity contribution in [2.75, 3.05) is 0 Å². The molecule has 116 valence electrons. The second kappa shape index (κ2) is 6.27. The predicted octanol–water partition coefficient (Wildman–Crippen LogP) is 2.74. The molecule has 1 aromatic heterocycles. The van der Waals surface area contributed by atoms with Gasteiger partial charge in [0.2, 0.25) is 5.91 Å². The number of aromatic carboxylic acids is 1. The van der Waals surface area contributed by atoms with Gasteiger partial charge in [-0.1, -0.05) is 12.1 Å². The van der Waals surface area contributed by atoms with Gasteiger partial charge in [-0.05, 0) is 38.5 Å². The summed E-state index contributed by atoms with van der Waals surface area (Å²) in [7, 11) is 0. The molecular weight excluding hydrogens is 300 g/mol. The standard InChI is InChI=1S/C16H18N2O3S/c1-10-9-22-15(17-10)16(2,3)18-13(19)8-11-4-6-12(7-5-11)14(20)21/h4-7,9H,8H2,1-3H3,(H,18,19)(H,20,21). The van der Waals surface area contributed by atoms with E-state index in [4.69, 9.17) is 5.11 Å². The largest absolute Gasteiger partial charge is 0.478 e. The number of nitrogens with one attached hydrogen (secondary N) is 1. The number of hydrogen-bond donors (Lipinski definition) is 2. The molecule has 0 saturated heterocycles. The summed E-state index contributed by atoms with van der Waals surface area (Å²) in [5.74, 6) is -1.10. The van der Waals surface area contributed by atoms with Crippen LogP contribution in [-0.2, 0) is 16.8 Å². The highest BCUT2D eigenvalue weighted by Crippen LogP contribution is 2.23. The number of hydrogen-bond acceptors (Lipinski definition) is 4. The maximum absolute atomic E-state index is 12.2. The van der Waals surface area contributed by atoms with Gasteiger partial charge in [-0.15, -0.1) is 11.3 Å². The Kier molecular flexibility index (Phi) is 4.61. The van der Waals surface area contributed by atoms with Gasteiger partial charge in [0.1, 0.15) is 5.01 Å². The predicted molar refractivity (Wildman–Crippen MR) is 85.1 cm³/mol. The molecule has 0 spiro atoms. The van der Waals surface area contributed by atoms with E-state index in [0.717, 1.165) is 16.3 Å². The van der Waals surface area contributed by atoms with E-state index in [1.807, 2.05) is 26.2 Å². The Morgan fingerprint density at radius 2 is 1.91 bits per heavy atom. The first-order valence-electron chi connectivity index (χ1n) is 6.84. The number of aromatic nitrogens is 1. The van der Waals surface area contributed by atoms with E-state index in [9.17, 15) is 9.59 Å². The average molecular weight is 318 g/mol. The summed E-state index contributed by atoms with van der Waals surface area (Å²) in [5, 5.41) is 14.6. The van der Waals surface area contributed by atoms with Gasteiger partial charge in [-0.3, -0.25) is 4.79 Å². The molecule has 5 nitrogen and oxygen atoms in total. The van der Waals surface area contributed by atoms with Crippen LogP contribution >= 0.6 is 11.3 Å². The molecule has 2 aromatic rings. The van der Waals surface area contributed by atoms with Gasteiger partial charge in [-0.25, -0.2) is 9.78 Å². The summed E-state index contributed by atoms with van der Waals surface area (Å²) in [6.07, 6.45) is 0.202. The maximum atomic E-state index is 12.2. The molecule has 22 heavy (non-hydrogen) atoms. The molecule has 2 rings (SSSR count). The summed E-state index contributed by atoms with van der Waals surface area (Å²) >= 11 is 1.52. The minimum absolute atomic E-state index is 0.124. The van der Waals surface area contributed by atoms with E-state index in [0.29, 0.717) is 0 Å². The summed E-state index contributed by atoms with van der Waals surface area (Å²) in [4.78, 5) is 27.4. The average Bonchev–Trinajstić information content (AvgIpc) is 2.86. The molecule has 0 saturated carbocycles. The number of carbonyl (C=O) groups excluding carboxylic acids is 1. The number of carboxylic acid groups (broad SMARTS) is 1. The lowest BCUT2D eigenvalue weighted by Gasteiger charge is -2.23. The van der Waals surface area contributed by atoms with Crippen molar-refractivity contribution in [1.29, 1.82) is 0 Å². The van der Waals surface area contributed by atoms with Crippen molar-refractivity contribution < 1.29 is 14.7 Å². The van der Waals surface area contributed by atoms with Crippen LogP contribution in [0.5, 0.6) is 0 Å². The number of rotatable bonds is 5. The van der Waals surface area contributed by atoms with Crippen LogP contribution in [-0.4, -0.2) is 22.0 Å². The maximum Gasteiger partial charge on any atom is 0.335 e. The van der Waals surface area contributed by atoms with Gasteiger partial charge in [-0.2, -0.15) is 0 Å². The number of benzene rings is 1. The Bertz CT molecular complexity index is 690. The lowest BCUT2D eigenvalue weighted by molar-refractivity contribution is -0.122. The Morgan fingerprint density at radius 1 is 1.27 bits per heavy atom. The second-order valence-corrected chi connectivity index (χ2v) is 6.50. The fourth-order valence-corrected chi connectivity index (χ4v) is 2.92. The zero-order chi connectivity index (χ0) is 16.3. The highest BCUT2D eigenvalue weighted by atomic mass is 32.1. The van der Waals surface area contributed by atoms with Crippen LogP contribution in [0, 0.1) is 6.92 Å². The molecule has 0 fully saturated rings. The summed E-state index contributed by atoms with van der Waals surface area (Å²) in [5.41, 5.74) is 1.39. The van der Waals surface area contributed by atoms with E-state index in [1.54, 1.807) is 12.1 Å². The minimum atomic E-state index is -0.976. The van der Waals surface area contributed by atoms with Crippen molar-refractivity contribution in [1.82, 2.24) is 10.3 Å². The van der Waals surface area contributed by atoms with Crippen LogP contribution in [0.15, 0.2) is 29.6 Å². The second-order valence-electron chi connectivity index (χ2n) is 5.65. The third-order valence-corrected chi connectivity index (χ3v) is 4.45. The Labute approximate surface area is 133 Å². The van der Waals surface area contributed by atoms with Crippen molar-refractivity contribution in [2.24, 2.45) is 0 Å². The minimum Gasteiger partial charge on any atom is -0.478 e. The number of carbonyl (C=O) groups is 2. The van der Waals surface area contributed by atoms with E-state index < -0.39 is 11.5 Å². The summed E-state index contributed by atoms with van der Waals surface area (Å²) in [6, 6.07) is 6.31. The van der Waals surface area contributed by atoms with Crippen LogP contribution in [0.25, 0.3) is 0 Å². The molecule has 2 N–H and O–H groups in total. The number of nitrogens with zero attached hydrogens (tertiary/aromatic N) is 1. The molecule has 0 unspecified atom stereocenters. The lowest BCUT2D eigenvalue weighted by Crippen LogP contribution is -2.41. The number of carboxylic acids is 1. The SMILES string of the molecule is Cc1csc(C(C)(C)NC(=O)Cc2ccc(C(=O)O)cc2)n1. The van der Waals surface area contributed by atoms with Crippen LogP contribution in [0.1, 0.15) is 40.5 Å². The fraction of sp³-hybridized carbons (Fsp3) is 0.312. The fourth-order valence-electron chi connectivity index (χ4n) is 2.04. The molecule has 0 bridgehead atoms. The Balaban J connectivity index is 2.01. The van der Waals surface area contributed by atoms with Crippen LogP contribution in [0.3, 0.4) is 0 Å². The van der Waals surface area contributed by atoms with Crippen LogP contribution in [0.4, 0.5) is 0 Å². The first-order valence-corrected chi connectivity index (χ1v) is 7.72. The Hall–Kier alpha value is -2.21. The van der Waals surface area contributed by atoms with Gasteiger partial charge in [0.05, 0.1) is 17.5 Å². The first-order chi connectivity index (χ1) is 10.3. The number of amides is 1. The molecule has 1 amide bonds. The van der Waals surface area contributed by atoms with Crippen LogP contribution in [0.2, 0.25) is 0 Å². The molecule has 6 heteroatoms. The zero-order valence-electron chi connectivity index (χ0n) is 12.7. The van der Waals surface area contributed by atoms with E-state index in [1.165, 1.54) is 23.5 Å². The van der Waals surface area contributed by atoms with Gasteiger partial charge in [0, 0.05) is 11.1 Å². The summed E-state index contributed by atoms with van der Waals surface area (Å²) < 4.78 is 0. The molecule has 0 atom stereocenters. The highest BCUT2D eigenvalue weighted by molar-refractivity contribution is 7.09. The zero-order valence-corrected chi connectivity index (χ0v) is 13.5. The normalized spacial score (nSPS) is 11.2. The van der Waals surface area contributed by atoms with E-state index in [2.05, 4.69) is 10.3 Å². The van der Waals surface area contributed by atoms with Crippen molar-refractivity contribution in [3.63, 3.8) is 0 Å². The van der Waals surface area contributed by atoms with Crippen molar-refractivity contribution in [3.8, 4) is 0 Å². The highest BCUT2D eigenvalue weighted by Gasteiger charge is 2.26. The van der Waals surface area contributed by atoms with Crippen molar-refractivity contribution in [2.45, 2.75) is 32.7 Å². The number of thiazole rings is 1. The molecule has 0 aliphatic rings. The molecule has 0 radical (unpaired) electrons. The van der Waals surface area contributed by atoms with Gasteiger partial charge in [0.25, 0.3) is 0 Å². The molecule has 0 aliphatic carbocycles. The molecule has 1 heterocycles. The van der Waals surface area contributed by atoms with Gasteiger partial charge < -0.3 is 10.4 Å². The molecule has 1 aromatic carbocycles. The molecular formula is C16H18N2O3S. The van der Waals surface area contributed by atoms with Gasteiger partial charge in [0.15, 0.2) is 0 Å². The third-order valence-electron chi connectivity index (χ3n) is 3.17. The monoisotopic (exact) mass is 318 g/mol. The smallest absolute Gasteiger partial charge is 0.335 e. The lowest BCUT2D eigenvalue weighted by atomic mass is 10.0. The van der Waals surface area contributed by atoms with Crippen molar-refractivity contribution >= 4 is 23.2 Å². The van der Waals surface area contributed by atoms with E-state index >= 15 is 0 Å². The van der Waals surface area contributed by atoms with Gasteiger partial charge >= 0.3 is 5.97 Å². The Morgan fingerprint density at radius 3 is 2.41 bits per heavy atom. The van der Waals surface area contributed by atoms with E-state index in [-0.39, 0.29) is 17.9 Å². The first kappa shape index (κ1) is 16.2. The summed E-state index contributed by atoms with van der Waals surface area (Å²) in [6.45, 7) is 5.75. The van der Waals surface area contributed by atoms with Crippen molar-refractivity contribution in [3.05, 3.63) is 51.5 Å². The molecule has 0 aliphatic heterocycles.